The van der Waals surface area contributed by atoms with E-state index in [0.29, 0.717) is 0 Å². The molecule has 0 aliphatic heterocycles. The second kappa shape index (κ2) is 9.09. The second-order valence-electron chi connectivity index (χ2n) is 3.57. The van der Waals surface area contributed by atoms with Crippen LogP contribution in [-0.4, -0.2) is 18.3 Å². The van der Waals surface area contributed by atoms with Crippen LogP contribution in [0.1, 0.15) is 32.1 Å². The molecule has 9 heteroatoms. The van der Waals surface area contributed by atoms with Crippen molar-refractivity contribution < 1.29 is 86.5 Å². The first-order valence-corrected chi connectivity index (χ1v) is 4.84. The maximum atomic E-state index is 12.6. The standard InChI is InChI=1S/C9H11F8.K/c10-6(9(16,17)7(11)12)4-2-1-3-5-8(13,14)15;/h6H,1-5H2;/q-1;+1. The molecule has 0 spiro atoms. The SMILES string of the molecule is F[C-](F)C(F)(F)C(F)CCCCCC(F)(F)F.[K+]. The van der Waals surface area contributed by atoms with Gasteiger partial charge in [0.15, 0.2) is 0 Å². The molecule has 0 N–H and O–H groups in total. The van der Waals surface area contributed by atoms with E-state index in [2.05, 4.69) is 0 Å². The van der Waals surface area contributed by atoms with Crippen LogP contribution in [-0.2, 0) is 0 Å². The van der Waals surface area contributed by atoms with Gasteiger partial charge < -0.3 is 8.78 Å². The average molecular weight is 310 g/mol. The number of rotatable bonds is 7. The van der Waals surface area contributed by atoms with Gasteiger partial charge in [0.25, 0.3) is 0 Å². The molecule has 0 aliphatic rings. The summed E-state index contributed by atoms with van der Waals surface area (Å²) in [6.45, 7) is 0. The van der Waals surface area contributed by atoms with Crippen molar-refractivity contribution >= 4 is 0 Å². The van der Waals surface area contributed by atoms with Crippen LogP contribution in [0.5, 0.6) is 0 Å². The predicted octanol–water partition coefficient (Wildman–Crippen LogP) is 1.91. The molecule has 0 radical (unpaired) electrons. The topological polar surface area (TPSA) is 0 Å². The molecule has 104 valence electrons. The van der Waals surface area contributed by atoms with E-state index in [1.165, 1.54) is 0 Å². The van der Waals surface area contributed by atoms with Crippen molar-refractivity contribution in [2.24, 2.45) is 0 Å². The largest absolute Gasteiger partial charge is 1.00 e. The Kier molecular flexibility index (Phi) is 10.8. The molecule has 18 heavy (non-hydrogen) atoms. The van der Waals surface area contributed by atoms with Gasteiger partial charge in [-0.1, -0.05) is 12.8 Å². The van der Waals surface area contributed by atoms with Crippen molar-refractivity contribution in [3.8, 4) is 0 Å². The van der Waals surface area contributed by atoms with Crippen molar-refractivity contribution in [1.29, 1.82) is 0 Å². The Morgan fingerprint density at radius 2 is 1.39 bits per heavy atom. The molecule has 0 fully saturated rings. The Labute approximate surface area is 142 Å². The Balaban J connectivity index is 0. The quantitative estimate of drug-likeness (QED) is 0.292. The first-order chi connectivity index (χ1) is 7.57. The molecule has 0 heterocycles. The van der Waals surface area contributed by atoms with Crippen LogP contribution < -0.4 is 51.4 Å². The summed E-state index contributed by atoms with van der Waals surface area (Å²) in [5.74, 6) is -4.82. The molecule has 0 bridgehead atoms. The van der Waals surface area contributed by atoms with Crippen LogP contribution in [0.2, 0.25) is 0 Å². The van der Waals surface area contributed by atoms with Gasteiger partial charge >= 0.3 is 57.6 Å². The normalized spacial score (nSPS) is 14.5. The number of unbranched alkanes of at least 4 members (excludes halogenated alkanes) is 2. The third-order valence-corrected chi connectivity index (χ3v) is 2.06. The van der Waals surface area contributed by atoms with Crippen LogP contribution in [0.4, 0.5) is 35.1 Å². The van der Waals surface area contributed by atoms with Gasteiger partial charge in [0, 0.05) is 6.42 Å². The monoisotopic (exact) mass is 310 g/mol. The van der Waals surface area contributed by atoms with Crippen LogP contribution >= 0.6 is 0 Å². The van der Waals surface area contributed by atoms with Gasteiger partial charge in [-0.3, -0.25) is 0 Å². The molecule has 0 amide bonds. The van der Waals surface area contributed by atoms with Crippen LogP contribution in [0.25, 0.3) is 0 Å². The van der Waals surface area contributed by atoms with Gasteiger partial charge in [-0.05, 0) is 12.8 Å². The molecule has 0 nitrogen and oxygen atoms in total. The van der Waals surface area contributed by atoms with E-state index in [9.17, 15) is 35.1 Å². The summed E-state index contributed by atoms with van der Waals surface area (Å²) in [6, 6.07) is 0. The van der Waals surface area contributed by atoms with Gasteiger partial charge in [-0.25, -0.2) is 13.2 Å². The molecule has 0 aromatic heterocycles. The van der Waals surface area contributed by atoms with E-state index in [1.54, 1.807) is 0 Å². The third-order valence-electron chi connectivity index (χ3n) is 2.06. The maximum absolute atomic E-state index is 12.6. The summed E-state index contributed by atoms with van der Waals surface area (Å²) >= 11 is 0. The number of halogens is 8. The fourth-order valence-corrected chi connectivity index (χ4v) is 1.13. The molecule has 0 aliphatic carbocycles. The summed E-state index contributed by atoms with van der Waals surface area (Å²) in [5, 5.41) is 0. The molecule has 0 aromatic carbocycles. The number of alkyl halides is 6. The Morgan fingerprint density at radius 1 is 0.889 bits per heavy atom. The van der Waals surface area contributed by atoms with Gasteiger partial charge in [0.1, 0.15) is 6.17 Å². The summed E-state index contributed by atoms with van der Waals surface area (Å²) in [4.78, 5) is 0. The van der Waals surface area contributed by atoms with Gasteiger partial charge in [-0.2, -0.15) is 13.2 Å². The summed E-state index contributed by atoms with van der Waals surface area (Å²) in [6.07, 6.45) is -13.5. The minimum absolute atomic E-state index is 0. The molecular weight excluding hydrogens is 299 g/mol. The van der Waals surface area contributed by atoms with Gasteiger partial charge in [-0.15, -0.1) is 0 Å². The second-order valence-corrected chi connectivity index (χ2v) is 3.57. The molecule has 0 rings (SSSR count). The van der Waals surface area contributed by atoms with E-state index < -0.39 is 37.5 Å². The van der Waals surface area contributed by atoms with Gasteiger partial charge in [0.2, 0.25) is 5.92 Å². The van der Waals surface area contributed by atoms with Crippen LogP contribution in [0.3, 0.4) is 0 Å². The molecule has 0 aromatic rings. The summed E-state index contributed by atoms with van der Waals surface area (Å²) in [5.41, 5.74) is 0. The fraction of sp³-hybridized carbons (Fsp3) is 0.889. The van der Waals surface area contributed by atoms with Crippen LogP contribution in [0, 0.1) is 6.43 Å². The van der Waals surface area contributed by atoms with Crippen molar-refractivity contribution in [3.63, 3.8) is 0 Å². The molecule has 1 unspecified atom stereocenters. The first kappa shape index (κ1) is 21.4. The van der Waals surface area contributed by atoms with E-state index in [1.807, 2.05) is 0 Å². The first-order valence-electron chi connectivity index (χ1n) is 4.84. The molecule has 0 saturated heterocycles. The molecular formula is C9H11F8K. The average Bonchev–Trinajstić information content (AvgIpc) is 2.14. The third kappa shape index (κ3) is 9.06. The van der Waals surface area contributed by atoms with Crippen molar-refractivity contribution in [2.75, 3.05) is 0 Å². The minimum atomic E-state index is -4.82. The number of hydrogen-bond donors (Lipinski definition) is 0. The van der Waals surface area contributed by atoms with Crippen molar-refractivity contribution in [3.05, 3.63) is 6.43 Å². The number of hydrogen-bond acceptors (Lipinski definition) is 0. The van der Waals surface area contributed by atoms with Crippen molar-refractivity contribution in [1.82, 2.24) is 0 Å². The zero-order valence-corrected chi connectivity index (χ0v) is 12.8. The minimum Gasteiger partial charge on any atom is -0.415 e. The Bertz CT molecular complexity index is 215. The zero-order valence-electron chi connectivity index (χ0n) is 9.64. The van der Waals surface area contributed by atoms with E-state index in [-0.39, 0.29) is 70.6 Å². The van der Waals surface area contributed by atoms with E-state index >= 15 is 0 Å². The zero-order chi connectivity index (χ0) is 13.7. The van der Waals surface area contributed by atoms with E-state index in [0.717, 1.165) is 0 Å². The van der Waals surface area contributed by atoms with Crippen molar-refractivity contribution in [2.45, 2.75) is 50.4 Å². The summed E-state index contributed by atoms with van der Waals surface area (Å²) in [7, 11) is 0. The predicted molar refractivity (Wildman–Crippen MR) is 44.4 cm³/mol. The maximum Gasteiger partial charge on any atom is 1.00 e. The van der Waals surface area contributed by atoms with E-state index in [4.69, 9.17) is 0 Å². The molecule has 0 saturated carbocycles. The van der Waals surface area contributed by atoms with Crippen LogP contribution in [0.15, 0.2) is 0 Å². The smallest absolute Gasteiger partial charge is 0.415 e. The molecule has 1 atom stereocenters. The summed E-state index contributed by atoms with van der Waals surface area (Å²) < 4.78 is 95.3. The van der Waals surface area contributed by atoms with Gasteiger partial charge in [0.05, 0.1) is 6.43 Å². The Morgan fingerprint density at radius 3 is 1.78 bits per heavy atom. The Hall–Kier alpha value is 1.08. The fourth-order valence-electron chi connectivity index (χ4n) is 1.13.